The fraction of sp³-hybridized carbons (Fsp3) is 0.467. The van der Waals surface area contributed by atoms with Gasteiger partial charge in [-0.25, -0.2) is 4.79 Å². The molecule has 1 aromatic rings. The third-order valence-electron chi connectivity index (χ3n) is 3.42. The summed E-state index contributed by atoms with van der Waals surface area (Å²) in [6, 6.07) is 3.74. The molecule has 22 heavy (non-hydrogen) atoms. The molecule has 0 fully saturated rings. The first-order valence-corrected chi connectivity index (χ1v) is 7.01. The third kappa shape index (κ3) is 4.83. The van der Waals surface area contributed by atoms with Crippen LogP contribution in [-0.4, -0.2) is 32.2 Å². The van der Waals surface area contributed by atoms with Crippen LogP contribution in [0.2, 0.25) is 0 Å². The van der Waals surface area contributed by atoms with E-state index in [1.54, 1.807) is 18.2 Å². The zero-order chi connectivity index (χ0) is 16.7. The molecule has 1 aromatic carbocycles. The van der Waals surface area contributed by atoms with Crippen LogP contribution in [0.1, 0.15) is 20.3 Å². The fourth-order valence-electron chi connectivity index (χ4n) is 1.92. The Bertz CT molecular complexity index is 511. The van der Waals surface area contributed by atoms with Crippen LogP contribution >= 0.6 is 0 Å². The molecule has 2 unspecified atom stereocenters. The Morgan fingerprint density at radius 1 is 1.18 bits per heavy atom. The van der Waals surface area contributed by atoms with Crippen LogP contribution in [0.3, 0.4) is 0 Å². The molecule has 122 valence electrons. The van der Waals surface area contributed by atoms with E-state index in [0.29, 0.717) is 17.2 Å². The van der Waals surface area contributed by atoms with Crippen molar-refractivity contribution in [1.29, 1.82) is 0 Å². The minimum Gasteiger partial charge on any atom is -0.497 e. The highest BCUT2D eigenvalue weighted by Crippen LogP contribution is 2.25. The second-order valence-corrected chi connectivity index (χ2v) is 4.97. The van der Waals surface area contributed by atoms with Crippen LogP contribution in [-0.2, 0) is 4.79 Å². The summed E-state index contributed by atoms with van der Waals surface area (Å²) in [6.07, 6.45) is 0.723. The van der Waals surface area contributed by atoms with Gasteiger partial charge in [0.05, 0.1) is 14.2 Å². The van der Waals surface area contributed by atoms with Crippen molar-refractivity contribution in [3.8, 4) is 11.5 Å². The quantitative estimate of drug-likeness (QED) is 0.713. The average Bonchev–Trinajstić information content (AvgIpc) is 2.50. The highest BCUT2D eigenvalue weighted by molar-refractivity contribution is 5.93. The first-order valence-electron chi connectivity index (χ1n) is 7.01. The molecule has 0 bridgehead atoms. The standard InChI is InChI=1S/C15H23N3O4/c1-5-9(2)13(14(16)19)18-15(20)17-10-6-11(21-3)8-12(7-10)22-4/h6-9,13H,5H2,1-4H3,(H2,16,19)(H2,17,18,20). The smallest absolute Gasteiger partial charge is 0.319 e. The molecule has 0 aromatic heterocycles. The van der Waals surface area contributed by atoms with Gasteiger partial charge in [0.25, 0.3) is 0 Å². The maximum absolute atomic E-state index is 12.0. The predicted octanol–water partition coefficient (Wildman–Crippen LogP) is 1.73. The molecule has 0 saturated heterocycles. The number of primary amides is 1. The highest BCUT2D eigenvalue weighted by atomic mass is 16.5. The lowest BCUT2D eigenvalue weighted by Gasteiger charge is -2.21. The summed E-state index contributed by atoms with van der Waals surface area (Å²) in [5, 5.41) is 5.22. The van der Waals surface area contributed by atoms with Gasteiger partial charge in [0, 0.05) is 23.9 Å². The molecule has 0 heterocycles. The number of rotatable bonds is 7. The zero-order valence-electron chi connectivity index (χ0n) is 13.3. The van der Waals surface area contributed by atoms with Crippen molar-refractivity contribution < 1.29 is 19.1 Å². The third-order valence-corrected chi connectivity index (χ3v) is 3.42. The summed E-state index contributed by atoms with van der Waals surface area (Å²) >= 11 is 0. The van der Waals surface area contributed by atoms with Crippen LogP contribution in [0.5, 0.6) is 11.5 Å². The van der Waals surface area contributed by atoms with Gasteiger partial charge in [-0.2, -0.15) is 0 Å². The van der Waals surface area contributed by atoms with Gasteiger partial charge >= 0.3 is 6.03 Å². The van der Waals surface area contributed by atoms with Crippen LogP contribution in [0.25, 0.3) is 0 Å². The number of urea groups is 1. The molecule has 0 aliphatic carbocycles. The van der Waals surface area contributed by atoms with Gasteiger partial charge in [0.1, 0.15) is 17.5 Å². The molecule has 0 saturated carbocycles. The number of nitrogens with one attached hydrogen (secondary N) is 2. The lowest BCUT2D eigenvalue weighted by atomic mass is 9.99. The maximum atomic E-state index is 12.0. The van der Waals surface area contributed by atoms with Crippen molar-refractivity contribution >= 4 is 17.6 Å². The summed E-state index contributed by atoms with van der Waals surface area (Å²) in [6.45, 7) is 3.78. The molecule has 2 atom stereocenters. The molecular weight excluding hydrogens is 286 g/mol. The number of nitrogens with two attached hydrogens (primary N) is 1. The molecular formula is C15H23N3O4. The van der Waals surface area contributed by atoms with E-state index in [2.05, 4.69) is 10.6 Å². The summed E-state index contributed by atoms with van der Waals surface area (Å²) in [5.41, 5.74) is 5.81. The highest BCUT2D eigenvalue weighted by Gasteiger charge is 2.23. The number of benzene rings is 1. The number of anilines is 1. The van der Waals surface area contributed by atoms with Crippen LogP contribution in [0.4, 0.5) is 10.5 Å². The van der Waals surface area contributed by atoms with Crippen LogP contribution in [0, 0.1) is 5.92 Å². The number of hydrogen-bond acceptors (Lipinski definition) is 4. The molecule has 0 radical (unpaired) electrons. The number of amides is 3. The number of carbonyl (C=O) groups excluding carboxylic acids is 2. The second-order valence-electron chi connectivity index (χ2n) is 4.97. The molecule has 3 amide bonds. The Labute approximate surface area is 130 Å². The van der Waals surface area contributed by atoms with E-state index < -0.39 is 18.0 Å². The summed E-state index contributed by atoms with van der Waals surface area (Å²) in [5.74, 6) is 0.474. The Kier molecular flexibility index (Phi) is 6.49. The number of hydrogen-bond donors (Lipinski definition) is 3. The van der Waals surface area contributed by atoms with E-state index in [-0.39, 0.29) is 5.92 Å². The fourth-order valence-corrected chi connectivity index (χ4v) is 1.92. The van der Waals surface area contributed by atoms with Crippen molar-refractivity contribution in [3.05, 3.63) is 18.2 Å². The average molecular weight is 309 g/mol. The summed E-state index contributed by atoms with van der Waals surface area (Å²) in [4.78, 5) is 23.5. The Morgan fingerprint density at radius 3 is 2.14 bits per heavy atom. The number of carbonyl (C=O) groups is 2. The molecule has 7 heteroatoms. The zero-order valence-corrected chi connectivity index (χ0v) is 13.3. The van der Waals surface area contributed by atoms with Gasteiger partial charge in [-0.15, -0.1) is 0 Å². The van der Waals surface area contributed by atoms with Crippen molar-refractivity contribution in [2.75, 3.05) is 19.5 Å². The van der Waals surface area contributed by atoms with Gasteiger partial charge in [-0.3, -0.25) is 4.79 Å². The van der Waals surface area contributed by atoms with Crippen molar-refractivity contribution in [3.63, 3.8) is 0 Å². The van der Waals surface area contributed by atoms with Crippen molar-refractivity contribution in [2.24, 2.45) is 11.7 Å². The molecule has 0 aliphatic rings. The Balaban J connectivity index is 2.81. The monoisotopic (exact) mass is 309 g/mol. The van der Waals surface area contributed by atoms with Gasteiger partial charge < -0.3 is 25.8 Å². The summed E-state index contributed by atoms with van der Waals surface area (Å²) < 4.78 is 10.3. The van der Waals surface area contributed by atoms with Gasteiger partial charge in [-0.1, -0.05) is 20.3 Å². The van der Waals surface area contributed by atoms with Gasteiger partial charge in [-0.05, 0) is 5.92 Å². The topological polar surface area (TPSA) is 103 Å². The van der Waals surface area contributed by atoms with E-state index in [9.17, 15) is 9.59 Å². The number of ether oxygens (including phenoxy) is 2. The van der Waals surface area contributed by atoms with Crippen molar-refractivity contribution in [1.82, 2.24) is 5.32 Å². The lowest BCUT2D eigenvalue weighted by molar-refractivity contribution is -0.120. The normalized spacial score (nSPS) is 12.9. The Morgan fingerprint density at radius 2 is 1.73 bits per heavy atom. The van der Waals surface area contributed by atoms with E-state index in [1.807, 2.05) is 13.8 Å². The van der Waals surface area contributed by atoms with E-state index in [1.165, 1.54) is 14.2 Å². The molecule has 0 spiro atoms. The maximum Gasteiger partial charge on any atom is 0.319 e. The first kappa shape index (κ1) is 17.6. The van der Waals surface area contributed by atoms with Crippen LogP contribution < -0.4 is 25.8 Å². The minimum atomic E-state index is -0.725. The van der Waals surface area contributed by atoms with E-state index in [0.717, 1.165) is 6.42 Å². The van der Waals surface area contributed by atoms with Crippen LogP contribution in [0.15, 0.2) is 18.2 Å². The Hall–Kier alpha value is -2.44. The van der Waals surface area contributed by atoms with Gasteiger partial charge in [0.2, 0.25) is 5.91 Å². The molecule has 1 rings (SSSR count). The predicted molar refractivity (Wildman–Crippen MR) is 84.1 cm³/mol. The number of methoxy groups -OCH3 is 2. The molecule has 0 aliphatic heterocycles. The van der Waals surface area contributed by atoms with Crippen molar-refractivity contribution in [2.45, 2.75) is 26.3 Å². The molecule has 4 N–H and O–H groups in total. The minimum absolute atomic E-state index is 0.0527. The van der Waals surface area contributed by atoms with Gasteiger partial charge in [0.15, 0.2) is 0 Å². The summed E-state index contributed by atoms with van der Waals surface area (Å²) in [7, 11) is 3.04. The lowest BCUT2D eigenvalue weighted by Crippen LogP contribution is -2.49. The molecule has 7 nitrogen and oxygen atoms in total. The first-order chi connectivity index (χ1) is 10.4. The van der Waals surface area contributed by atoms with E-state index in [4.69, 9.17) is 15.2 Å². The SMILES string of the molecule is CCC(C)C(NC(=O)Nc1cc(OC)cc(OC)c1)C(N)=O. The largest absolute Gasteiger partial charge is 0.497 e. The van der Waals surface area contributed by atoms with E-state index >= 15 is 0 Å². The second kappa shape index (κ2) is 8.11.